The van der Waals surface area contributed by atoms with Gasteiger partial charge in [0, 0.05) is 6.42 Å². The Kier molecular flexibility index (Phi) is 5.66. The Morgan fingerprint density at radius 1 is 1.35 bits per heavy atom. The molecular formula is C14H20N2O4. The molecule has 0 saturated heterocycles. The van der Waals surface area contributed by atoms with Gasteiger partial charge in [0.2, 0.25) is 5.91 Å². The standard InChI is InChI=1S/C14H20N2O4/c1-14(9-17,10-5-3-2-4-6-10)16-13(20)11(15)7-8-12(18)19/h2-6,11,17H,7-9,15H2,1H3,(H,16,20)(H,18,19). The van der Waals surface area contributed by atoms with Gasteiger partial charge in [0.05, 0.1) is 18.2 Å². The normalized spacial score (nSPS) is 15.2. The van der Waals surface area contributed by atoms with Gasteiger partial charge in [0.25, 0.3) is 0 Å². The van der Waals surface area contributed by atoms with Crippen molar-refractivity contribution in [3.8, 4) is 0 Å². The molecule has 6 heteroatoms. The maximum Gasteiger partial charge on any atom is 0.303 e. The van der Waals surface area contributed by atoms with Gasteiger partial charge in [-0.05, 0) is 18.9 Å². The van der Waals surface area contributed by atoms with E-state index in [1.165, 1.54) is 0 Å². The van der Waals surface area contributed by atoms with Crippen LogP contribution in [0.4, 0.5) is 0 Å². The lowest BCUT2D eigenvalue weighted by molar-refractivity contribution is -0.137. The van der Waals surface area contributed by atoms with E-state index >= 15 is 0 Å². The number of carboxylic acids is 1. The minimum Gasteiger partial charge on any atom is -0.481 e. The van der Waals surface area contributed by atoms with Gasteiger partial charge in [0.15, 0.2) is 0 Å². The van der Waals surface area contributed by atoms with E-state index in [-0.39, 0.29) is 19.4 Å². The average Bonchev–Trinajstić information content (AvgIpc) is 2.45. The van der Waals surface area contributed by atoms with Gasteiger partial charge >= 0.3 is 5.97 Å². The summed E-state index contributed by atoms with van der Waals surface area (Å²) in [7, 11) is 0. The zero-order valence-electron chi connectivity index (χ0n) is 11.4. The largest absolute Gasteiger partial charge is 0.481 e. The number of carbonyl (C=O) groups excluding carboxylic acids is 1. The quantitative estimate of drug-likeness (QED) is 0.570. The van der Waals surface area contributed by atoms with Crippen molar-refractivity contribution in [2.75, 3.05) is 6.61 Å². The van der Waals surface area contributed by atoms with Crippen LogP contribution in [0.15, 0.2) is 30.3 Å². The zero-order chi connectivity index (χ0) is 15.2. The Labute approximate surface area is 117 Å². The van der Waals surface area contributed by atoms with E-state index < -0.39 is 23.5 Å². The van der Waals surface area contributed by atoms with Crippen LogP contribution >= 0.6 is 0 Å². The lowest BCUT2D eigenvalue weighted by Crippen LogP contribution is -2.52. The fourth-order valence-corrected chi connectivity index (χ4v) is 1.78. The smallest absolute Gasteiger partial charge is 0.303 e. The number of aliphatic hydroxyl groups is 1. The van der Waals surface area contributed by atoms with E-state index in [2.05, 4.69) is 5.32 Å². The Balaban J connectivity index is 2.73. The number of carboxylic acid groups (broad SMARTS) is 1. The SMILES string of the molecule is CC(CO)(NC(=O)C(N)CCC(=O)O)c1ccccc1. The van der Waals surface area contributed by atoms with Crippen LogP contribution in [-0.4, -0.2) is 34.7 Å². The van der Waals surface area contributed by atoms with Crippen LogP contribution in [0.25, 0.3) is 0 Å². The summed E-state index contributed by atoms with van der Waals surface area (Å²) in [4.78, 5) is 22.4. The van der Waals surface area contributed by atoms with Crippen LogP contribution in [-0.2, 0) is 15.1 Å². The van der Waals surface area contributed by atoms with Gasteiger partial charge in [-0.15, -0.1) is 0 Å². The van der Waals surface area contributed by atoms with E-state index in [1.54, 1.807) is 31.2 Å². The summed E-state index contributed by atoms with van der Waals surface area (Å²) in [6.07, 6.45) is -0.118. The van der Waals surface area contributed by atoms with Gasteiger partial charge in [0.1, 0.15) is 0 Å². The number of nitrogens with one attached hydrogen (secondary N) is 1. The highest BCUT2D eigenvalue weighted by atomic mass is 16.4. The van der Waals surface area contributed by atoms with Crippen molar-refractivity contribution in [3.63, 3.8) is 0 Å². The molecule has 1 amide bonds. The number of rotatable bonds is 7. The van der Waals surface area contributed by atoms with Crippen molar-refractivity contribution >= 4 is 11.9 Å². The average molecular weight is 280 g/mol. The first-order valence-corrected chi connectivity index (χ1v) is 6.35. The number of aliphatic carboxylic acids is 1. The second kappa shape index (κ2) is 7.02. The monoisotopic (exact) mass is 280 g/mol. The molecule has 0 aliphatic heterocycles. The Morgan fingerprint density at radius 3 is 2.45 bits per heavy atom. The molecule has 110 valence electrons. The van der Waals surface area contributed by atoms with Gasteiger partial charge in [-0.2, -0.15) is 0 Å². The van der Waals surface area contributed by atoms with Crippen LogP contribution in [0.2, 0.25) is 0 Å². The highest BCUT2D eigenvalue weighted by molar-refractivity contribution is 5.83. The van der Waals surface area contributed by atoms with E-state index in [0.29, 0.717) is 0 Å². The molecule has 1 aromatic carbocycles. The molecule has 6 nitrogen and oxygen atoms in total. The molecule has 0 spiro atoms. The summed E-state index contributed by atoms with van der Waals surface area (Å²) >= 11 is 0. The molecule has 1 rings (SSSR count). The lowest BCUT2D eigenvalue weighted by atomic mass is 9.92. The molecule has 0 heterocycles. The third-order valence-corrected chi connectivity index (χ3v) is 3.13. The topological polar surface area (TPSA) is 113 Å². The molecule has 0 radical (unpaired) electrons. The van der Waals surface area contributed by atoms with Crippen molar-refractivity contribution in [1.29, 1.82) is 0 Å². The van der Waals surface area contributed by atoms with Crippen LogP contribution in [0, 0.1) is 0 Å². The summed E-state index contributed by atoms with van der Waals surface area (Å²) < 4.78 is 0. The van der Waals surface area contributed by atoms with Crippen molar-refractivity contribution in [2.24, 2.45) is 5.73 Å². The van der Waals surface area contributed by atoms with Crippen molar-refractivity contribution < 1.29 is 19.8 Å². The molecule has 0 aromatic heterocycles. The lowest BCUT2D eigenvalue weighted by Gasteiger charge is -2.30. The number of nitrogens with two attached hydrogens (primary N) is 1. The first-order chi connectivity index (χ1) is 9.39. The summed E-state index contributed by atoms with van der Waals surface area (Å²) in [6, 6.07) is 8.11. The summed E-state index contributed by atoms with van der Waals surface area (Å²) in [5, 5.41) is 20.8. The van der Waals surface area contributed by atoms with E-state index in [9.17, 15) is 14.7 Å². The second-order valence-electron chi connectivity index (χ2n) is 4.88. The van der Waals surface area contributed by atoms with Crippen molar-refractivity contribution in [2.45, 2.75) is 31.3 Å². The molecule has 5 N–H and O–H groups in total. The van der Waals surface area contributed by atoms with Crippen LogP contribution in [0.1, 0.15) is 25.3 Å². The van der Waals surface area contributed by atoms with Crippen molar-refractivity contribution in [3.05, 3.63) is 35.9 Å². The molecule has 1 aromatic rings. The number of amides is 1. The fourth-order valence-electron chi connectivity index (χ4n) is 1.78. The molecule has 2 unspecified atom stereocenters. The van der Waals surface area contributed by atoms with Gasteiger partial charge < -0.3 is 21.3 Å². The van der Waals surface area contributed by atoms with E-state index in [0.717, 1.165) is 5.56 Å². The molecular weight excluding hydrogens is 260 g/mol. The van der Waals surface area contributed by atoms with Gasteiger partial charge in [-0.3, -0.25) is 9.59 Å². The Bertz CT molecular complexity index is 464. The summed E-state index contributed by atoms with van der Waals surface area (Å²) in [5.74, 6) is -1.48. The van der Waals surface area contributed by atoms with E-state index in [1.807, 2.05) is 6.07 Å². The fraction of sp³-hybridized carbons (Fsp3) is 0.429. The van der Waals surface area contributed by atoms with Gasteiger partial charge in [-0.1, -0.05) is 30.3 Å². The molecule has 0 aliphatic rings. The second-order valence-corrected chi connectivity index (χ2v) is 4.88. The third kappa shape index (κ3) is 4.32. The molecule has 0 aliphatic carbocycles. The summed E-state index contributed by atoms with van der Waals surface area (Å²) in [5.41, 5.74) is 5.45. The Hall–Kier alpha value is -1.92. The first kappa shape index (κ1) is 16.1. The highest BCUT2D eigenvalue weighted by Gasteiger charge is 2.29. The van der Waals surface area contributed by atoms with Crippen LogP contribution in [0.5, 0.6) is 0 Å². The number of benzene rings is 1. The first-order valence-electron chi connectivity index (χ1n) is 6.35. The molecule has 0 bridgehead atoms. The van der Waals surface area contributed by atoms with Crippen molar-refractivity contribution in [1.82, 2.24) is 5.32 Å². The molecule has 20 heavy (non-hydrogen) atoms. The van der Waals surface area contributed by atoms with Gasteiger partial charge in [-0.25, -0.2) is 0 Å². The number of hydrogen-bond donors (Lipinski definition) is 4. The minimum atomic E-state index is -0.999. The Morgan fingerprint density at radius 2 is 1.95 bits per heavy atom. The molecule has 2 atom stereocenters. The minimum absolute atomic E-state index is 0.0530. The maximum absolute atomic E-state index is 12.0. The van der Waals surface area contributed by atoms with Crippen LogP contribution in [0.3, 0.4) is 0 Å². The number of aliphatic hydroxyl groups excluding tert-OH is 1. The number of hydrogen-bond acceptors (Lipinski definition) is 4. The number of carbonyl (C=O) groups is 2. The predicted octanol–water partition coefficient (Wildman–Crippen LogP) is 0.202. The van der Waals surface area contributed by atoms with E-state index in [4.69, 9.17) is 10.8 Å². The van der Waals surface area contributed by atoms with Crippen LogP contribution < -0.4 is 11.1 Å². The molecule has 0 saturated carbocycles. The maximum atomic E-state index is 12.0. The molecule has 0 fully saturated rings. The summed E-state index contributed by atoms with van der Waals surface area (Å²) in [6.45, 7) is 1.40. The predicted molar refractivity (Wildman–Crippen MR) is 73.9 cm³/mol. The third-order valence-electron chi connectivity index (χ3n) is 3.13. The highest BCUT2D eigenvalue weighted by Crippen LogP contribution is 2.20. The zero-order valence-corrected chi connectivity index (χ0v) is 11.4.